The van der Waals surface area contributed by atoms with Gasteiger partial charge in [0.2, 0.25) is 0 Å². The number of esters is 2. The van der Waals surface area contributed by atoms with E-state index in [-0.39, 0.29) is 25.6 Å². The molecule has 7 heteroatoms. The zero-order valence-corrected chi connectivity index (χ0v) is 17.0. The van der Waals surface area contributed by atoms with Crippen LogP contribution in [0, 0.1) is 0 Å². The van der Waals surface area contributed by atoms with Crippen molar-refractivity contribution in [2.24, 2.45) is 0 Å². The molecule has 160 valence electrons. The molecule has 0 amide bonds. The normalized spacial score (nSPS) is 10.1. The molecule has 0 unspecified atom stereocenters. The van der Waals surface area contributed by atoms with Gasteiger partial charge in [0.1, 0.15) is 24.7 Å². The first-order chi connectivity index (χ1) is 15.2. The molecule has 0 saturated heterocycles. The number of hydrogen-bond donors (Lipinski definition) is 0. The van der Waals surface area contributed by atoms with Crippen LogP contribution in [0.25, 0.3) is 0 Å². The molecule has 0 aliphatic carbocycles. The first-order valence-electron chi connectivity index (χ1n) is 9.57. The molecule has 0 N–H and O–H groups in total. The Labute approximate surface area is 180 Å². The number of hydrogen-bond acceptors (Lipinski definition) is 7. The summed E-state index contributed by atoms with van der Waals surface area (Å²) in [4.78, 5) is 24.1. The number of para-hydroxylation sites is 3. The van der Waals surface area contributed by atoms with Gasteiger partial charge in [-0.25, -0.2) is 9.59 Å². The highest BCUT2D eigenvalue weighted by Crippen LogP contribution is 2.25. The summed E-state index contributed by atoms with van der Waals surface area (Å²) in [5, 5.41) is 0. The molecular formula is C24H22O7. The predicted molar refractivity (Wildman–Crippen MR) is 113 cm³/mol. The van der Waals surface area contributed by atoms with Crippen LogP contribution >= 0.6 is 0 Å². The van der Waals surface area contributed by atoms with E-state index in [0.29, 0.717) is 22.8 Å². The minimum Gasteiger partial charge on any atom is -0.493 e. The number of carbonyl (C=O) groups excluding carboxylic acids is 2. The van der Waals surface area contributed by atoms with Gasteiger partial charge in [-0.2, -0.15) is 0 Å². The highest BCUT2D eigenvalue weighted by molar-refractivity contribution is 5.89. The summed E-state index contributed by atoms with van der Waals surface area (Å²) in [6.45, 7) is 0.0774. The largest absolute Gasteiger partial charge is 0.493 e. The maximum atomic E-state index is 12.1. The van der Waals surface area contributed by atoms with Crippen molar-refractivity contribution in [1.82, 2.24) is 0 Å². The van der Waals surface area contributed by atoms with Crippen LogP contribution in [0.4, 0.5) is 0 Å². The Morgan fingerprint density at radius 3 is 2.10 bits per heavy atom. The summed E-state index contributed by atoms with van der Waals surface area (Å²) in [6, 6.07) is 22.3. The number of ether oxygens (including phenoxy) is 5. The van der Waals surface area contributed by atoms with Crippen LogP contribution in [0.1, 0.15) is 10.4 Å². The molecule has 0 heterocycles. The van der Waals surface area contributed by atoms with Crippen LogP contribution in [0.3, 0.4) is 0 Å². The van der Waals surface area contributed by atoms with Gasteiger partial charge in [0, 0.05) is 0 Å². The maximum Gasteiger partial charge on any atom is 0.349 e. The lowest BCUT2D eigenvalue weighted by molar-refractivity contribution is -0.136. The standard InChI is InChI=1S/C24H22O7/c1-27-21-9-5-6-10-22(21)30-17-23(25)31-20-13-11-18(12-14-20)24(26)29-16-15-28-19-7-3-2-4-8-19/h2-14H,15-17H2,1H3. The molecule has 0 bridgehead atoms. The lowest BCUT2D eigenvalue weighted by atomic mass is 10.2. The SMILES string of the molecule is COc1ccccc1OCC(=O)Oc1ccc(C(=O)OCCOc2ccccc2)cc1. The topological polar surface area (TPSA) is 80.3 Å². The number of rotatable bonds is 10. The Morgan fingerprint density at radius 2 is 1.39 bits per heavy atom. The molecule has 0 atom stereocenters. The minimum atomic E-state index is -0.584. The molecule has 0 fully saturated rings. The zero-order valence-electron chi connectivity index (χ0n) is 17.0. The average Bonchev–Trinajstić information content (AvgIpc) is 2.81. The second kappa shape index (κ2) is 11.3. The van der Waals surface area contributed by atoms with E-state index >= 15 is 0 Å². The summed E-state index contributed by atoms with van der Waals surface area (Å²) in [7, 11) is 1.52. The third-order valence-electron chi connectivity index (χ3n) is 4.06. The van der Waals surface area contributed by atoms with Crippen LogP contribution in [-0.4, -0.2) is 38.9 Å². The number of carbonyl (C=O) groups is 2. The van der Waals surface area contributed by atoms with Crippen molar-refractivity contribution in [3.05, 3.63) is 84.4 Å². The third-order valence-corrected chi connectivity index (χ3v) is 4.06. The van der Waals surface area contributed by atoms with Crippen molar-refractivity contribution in [3.63, 3.8) is 0 Å². The predicted octanol–water partition coefficient (Wildman–Crippen LogP) is 3.92. The van der Waals surface area contributed by atoms with Crippen LogP contribution in [0.15, 0.2) is 78.9 Å². The highest BCUT2D eigenvalue weighted by Gasteiger charge is 2.11. The molecule has 3 rings (SSSR count). The van der Waals surface area contributed by atoms with E-state index in [4.69, 9.17) is 23.7 Å². The van der Waals surface area contributed by atoms with Crippen molar-refractivity contribution < 1.29 is 33.3 Å². The monoisotopic (exact) mass is 422 g/mol. The van der Waals surface area contributed by atoms with Crippen LogP contribution < -0.4 is 18.9 Å². The van der Waals surface area contributed by atoms with Gasteiger partial charge in [0.05, 0.1) is 12.7 Å². The van der Waals surface area contributed by atoms with Crippen molar-refractivity contribution in [1.29, 1.82) is 0 Å². The minimum absolute atomic E-state index is 0.116. The first kappa shape index (κ1) is 21.7. The Kier molecular flexibility index (Phi) is 7.88. The Bertz CT molecular complexity index is 984. The highest BCUT2D eigenvalue weighted by atomic mass is 16.6. The first-order valence-corrected chi connectivity index (χ1v) is 9.57. The summed E-state index contributed by atoms with van der Waals surface area (Å²) >= 11 is 0. The quantitative estimate of drug-likeness (QED) is 0.278. The van der Waals surface area contributed by atoms with E-state index in [9.17, 15) is 9.59 Å². The lowest BCUT2D eigenvalue weighted by Crippen LogP contribution is -2.18. The van der Waals surface area contributed by atoms with Gasteiger partial charge in [0.15, 0.2) is 18.1 Å². The molecule has 0 aliphatic rings. The van der Waals surface area contributed by atoms with Crippen molar-refractivity contribution in [2.75, 3.05) is 26.9 Å². The van der Waals surface area contributed by atoms with Gasteiger partial charge in [-0.15, -0.1) is 0 Å². The molecule has 0 radical (unpaired) electrons. The van der Waals surface area contributed by atoms with E-state index in [1.807, 2.05) is 30.3 Å². The van der Waals surface area contributed by atoms with E-state index in [1.54, 1.807) is 24.3 Å². The Balaban J connectivity index is 1.41. The molecule has 7 nitrogen and oxygen atoms in total. The molecule has 0 aromatic heterocycles. The second-order valence-electron chi connectivity index (χ2n) is 6.24. The van der Waals surface area contributed by atoms with E-state index in [0.717, 1.165) is 0 Å². The molecule has 3 aromatic rings. The fraction of sp³-hybridized carbons (Fsp3) is 0.167. The smallest absolute Gasteiger partial charge is 0.349 e. The number of benzene rings is 3. The number of methoxy groups -OCH3 is 1. The molecule has 0 spiro atoms. The summed E-state index contributed by atoms with van der Waals surface area (Å²) in [6.07, 6.45) is 0. The second-order valence-corrected chi connectivity index (χ2v) is 6.24. The molecule has 0 aliphatic heterocycles. The van der Waals surface area contributed by atoms with Crippen LogP contribution in [0.5, 0.6) is 23.0 Å². The lowest BCUT2D eigenvalue weighted by Gasteiger charge is -2.10. The average molecular weight is 422 g/mol. The van der Waals surface area contributed by atoms with Crippen molar-refractivity contribution in [3.8, 4) is 23.0 Å². The zero-order chi connectivity index (χ0) is 21.9. The van der Waals surface area contributed by atoms with Gasteiger partial charge in [0.25, 0.3) is 0 Å². The molecular weight excluding hydrogens is 400 g/mol. The summed E-state index contributed by atoms with van der Waals surface area (Å²) < 4.78 is 26.4. The molecule has 3 aromatic carbocycles. The van der Waals surface area contributed by atoms with Crippen LogP contribution in [0.2, 0.25) is 0 Å². The van der Waals surface area contributed by atoms with Gasteiger partial charge in [-0.1, -0.05) is 30.3 Å². The van der Waals surface area contributed by atoms with Gasteiger partial charge in [-0.05, 0) is 48.5 Å². The Morgan fingerprint density at radius 1 is 0.710 bits per heavy atom. The molecule has 31 heavy (non-hydrogen) atoms. The fourth-order valence-electron chi connectivity index (χ4n) is 2.59. The van der Waals surface area contributed by atoms with E-state index in [2.05, 4.69) is 0 Å². The van der Waals surface area contributed by atoms with Gasteiger partial charge >= 0.3 is 11.9 Å². The summed E-state index contributed by atoms with van der Waals surface area (Å²) in [5.74, 6) is 0.883. The van der Waals surface area contributed by atoms with E-state index < -0.39 is 11.9 Å². The Hall–Kier alpha value is -4.00. The molecule has 0 saturated carbocycles. The van der Waals surface area contributed by atoms with Gasteiger partial charge < -0.3 is 23.7 Å². The summed E-state index contributed by atoms with van der Waals surface area (Å²) in [5.41, 5.74) is 0.338. The third kappa shape index (κ3) is 6.78. The van der Waals surface area contributed by atoms with Gasteiger partial charge in [-0.3, -0.25) is 0 Å². The van der Waals surface area contributed by atoms with E-state index in [1.165, 1.54) is 31.4 Å². The fourth-order valence-corrected chi connectivity index (χ4v) is 2.59. The van der Waals surface area contributed by atoms with Crippen LogP contribution in [-0.2, 0) is 9.53 Å². The van der Waals surface area contributed by atoms with Crippen molar-refractivity contribution >= 4 is 11.9 Å². The van der Waals surface area contributed by atoms with Crippen molar-refractivity contribution in [2.45, 2.75) is 0 Å². The maximum absolute atomic E-state index is 12.1.